The van der Waals surface area contributed by atoms with Crippen molar-refractivity contribution < 1.29 is 5.11 Å². The van der Waals surface area contributed by atoms with Gasteiger partial charge in [-0.1, -0.05) is 25.1 Å². The molecule has 2 heteroatoms. The van der Waals surface area contributed by atoms with E-state index in [9.17, 15) is 5.11 Å². The van der Waals surface area contributed by atoms with E-state index in [1.54, 1.807) is 0 Å². The van der Waals surface area contributed by atoms with Crippen LogP contribution in [-0.2, 0) is 19.3 Å². The number of benzene rings is 1. The largest absolute Gasteiger partial charge is 0.392 e. The highest BCUT2D eigenvalue weighted by atomic mass is 32.1. The van der Waals surface area contributed by atoms with Crippen molar-refractivity contribution in [3.05, 3.63) is 56.8 Å². The smallest absolute Gasteiger partial charge is 0.0628 e. The number of hydrogen-bond acceptors (Lipinski definition) is 2. The summed E-state index contributed by atoms with van der Waals surface area (Å²) in [7, 11) is 0. The zero-order chi connectivity index (χ0) is 13.8. The second-order valence-electron chi connectivity index (χ2n) is 5.20. The van der Waals surface area contributed by atoms with Gasteiger partial charge in [0.15, 0.2) is 0 Å². The highest BCUT2D eigenvalue weighted by Crippen LogP contribution is 2.20. The Morgan fingerprint density at radius 2 is 1.74 bits per heavy atom. The molecule has 0 fully saturated rings. The maximum absolute atomic E-state index is 10.2. The highest BCUT2D eigenvalue weighted by Gasteiger charge is 2.09. The Kier molecular flexibility index (Phi) is 4.78. The zero-order valence-corrected chi connectivity index (χ0v) is 12.8. The SMILES string of the molecule is CCc1ccc(CC(O)Cc2ccc(C)c(C)c2)s1. The van der Waals surface area contributed by atoms with Crippen LogP contribution in [0.15, 0.2) is 30.3 Å². The first kappa shape index (κ1) is 14.3. The molecule has 2 aromatic rings. The lowest BCUT2D eigenvalue weighted by Crippen LogP contribution is -2.13. The summed E-state index contributed by atoms with van der Waals surface area (Å²) in [6.45, 7) is 6.41. The van der Waals surface area contributed by atoms with Crippen molar-refractivity contribution in [2.24, 2.45) is 0 Å². The Bertz CT molecular complexity index is 542. The molecule has 0 aliphatic rings. The lowest BCUT2D eigenvalue weighted by Gasteiger charge is -2.11. The van der Waals surface area contributed by atoms with Crippen molar-refractivity contribution in [1.29, 1.82) is 0 Å². The molecule has 1 nitrogen and oxygen atoms in total. The minimum atomic E-state index is -0.287. The average molecular weight is 274 g/mol. The summed E-state index contributed by atoms with van der Waals surface area (Å²) in [5.74, 6) is 0. The molecule has 1 heterocycles. The molecule has 1 aromatic heterocycles. The molecule has 0 saturated heterocycles. The Balaban J connectivity index is 1.96. The van der Waals surface area contributed by atoms with Gasteiger partial charge < -0.3 is 5.11 Å². The van der Waals surface area contributed by atoms with Gasteiger partial charge in [-0.15, -0.1) is 11.3 Å². The third-order valence-corrected chi connectivity index (χ3v) is 4.80. The molecular formula is C17H22OS. The average Bonchev–Trinajstić information content (AvgIpc) is 2.81. The van der Waals surface area contributed by atoms with E-state index in [0.717, 1.165) is 19.3 Å². The van der Waals surface area contributed by atoms with Crippen LogP contribution >= 0.6 is 11.3 Å². The monoisotopic (exact) mass is 274 g/mol. The van der Waals surface area contributed by atoms with Crippen molar-refractivity contribution in [3.63, 3.8) is 0 Å². The normalized spacial score (nSPS) is 12.6. The second-order valence-corrected chi connectivity index (χ2v) is 6.46. The third kappa shape index (κ3) is 3.92. The molecule has 0 amide bonds. The van der Waals surface area contributed by atoms with Gasteiger partial charge >= 0.3 is 0 Å². The molecule has 1 unspecified atom stereocenters. The van der Waals surface area contributed by atoms with Crippen molar-refractivity contribution in [2.75, 3.05) is 0 Å². The van der Waals surface area contributed by atoms with E-state index < -0.39 is 0 Å². The number of aliphatic hydroxyl groups excluding tert-OH is 1. The van der Waals surface area contributed by atoms with E-state index in [1.807, 2.05) is 11.3 Å². The molecule has 1 N–H and O–H groups in total. The summed E-state index contributed by atoms with van der Waals surface area (Å²) >= 11 is 1.82. The summed E-state index contributed by atoms with van der Waals surface area (Å²) in [6.07, 6.45) is 2.29. The summed E-state index contributed by atoms with van der Waals surface area (Å²) in [5, 5.41) is 10.2. The third-order valence-electron chi connectivity index (χ3n) is 3.55. The molecule has 0 bridgehead atoms. The molecule has 0 spiro atoms. The molecule has 0 aliphatic carbocycles. The number of hydrogen-bond donors (Lipinski definition) is 1. The van der Waals surface area contributed by atoms with Gasteiger partial charge in [0.1, 0.15) is 0 Å². The van der Waals surface area contributed by atoms with Crippen molar-refractivity contribution >= 4 is 11.3 Å². The Hall–Kier alpha value is -1.12. The van der Waals surface area contributed by atoms with E-state index in [0.29, 0.717) is 0 Å². The topological polar surface area (TPSA) is 20.2 Å². The molecule has 0 radical (unpaired) electrons. The van der Waals surface area contributed by atoms with Crippen LogP contribution < -0.4 is 0 Å². The van der Waals surface area contributed by atoms with Crippen LogP contribution in [0.2, 0.25) is 0 Å². The highest BCUT2D eigenvalue weighted by molar-refractivity contribution is 7.11. The fourth-order valence-corrected chi connectivity index (χ4v) is 3.26. The van der Waals surface area contributed by atoms with Crippen molar-refractivity contribution in [1.82, 2.24) is 0 Å². The van der Waals surface area contributed by atoms with Crippen LogP contribution in [-0.4, -0.2) is 11.2 Å². The van der Waals surface area contributed by atoms with E-state index in [2.05, 4.69) is 51.1 Å². The molecular weight excluding hydrogens is 252 g/mol. The number of thiophene rings is 1. The van der Waals surface area contributed by atoms with Gasteiger partial charge in [-0.05, 0) is 55.5 Å². The van der Waals surface area contributed by atoms with Crippen LogP contribution in [0.4, 0.5) is 0 Å². The van der Waals surface area contributed by atoms with Crippen LogP contribution in [0.5, 0.6) is 0 Å². The van der Waals surface area contributed by atoms with Crippen molar-refractivity contribution in [3.8, 4) is 0 Å². The maximum atomic E-state index is 10.2. The molecule has 0 aliphatic heterocycles. The summed E-state index contributed by atoms with van der Waals surface area (Å²) < 4.78 is 0. The predicted molar refractivity (Wildman–Crippen MR) is 83.0 cm³/mol. The van der Waals surface area contributed by atoms with Gasteiger partial charge in [0.25, 0.3) is 0 Å². The van der Waals surface area contributed by atoms with Gasteiger partial charge in [-0.3, -0.25) is 0 Å². The first-order valence-electron chi connectivity index (χ1n) is 6.90. The molecule has 1 atom stereocenters. The number of aryl methyl sites for hydroxylation is 3. The fourth-order valence-electron chi connectivity index (χ4n) is 2.23. The second kappa shape index (κ2) is 6.36. The van der Waals surface area contributed by atoms with Crippen LogP contribution in [0.25, 0.3) is 0 Å². The predicted octanol–water partition coefficient (Wildman–Crippen LogP) is 4.07. The lowest BCUT2D eigenvalue weighted by molar-refractivity contribution is 0.176. The van der Waals surface area contributed by atoms with E-state index in [-0.39, 0.29) is 6.10 Å². The van der Waals surface area contributed by atoms with Gasteiger partial charge in [-0.25, -0.2) is 0 Å². The van der Waals surface area contributed by atoms with Gasteiger partial charge in [-0.2, -0.15) is 0 Å². The molecule has 0 saturated carbocycles. The summed E-state index contributed by atoms with van der Waals surface area (Å²) in [4.78, 5) is 2.68. The molecule has 2 rings (SSSR count). The number of aliphatic hydroxyl groups is 1. The zero-order valence-electron chi connectivity index (χ0n) is 11.9. The summed E-state index contributed by atoms with van der Waals surface area (Å²) in [6, 6.07) is 10.8. The van der Waals surface area contributed by atoms with Gasteiger partial charge in [0.2, 0.25) is 0 Å². The lowest BCUT2D eigenvalue weighted by atomic mass is 10.0. The Morgan fingerprint density at radius 1 is 1.00 bits per heavy atom. The van der Waals surface area contributed by atoms with E-state index in [1.165, 1.54) is 26.4 Å². The Labute approximate surface area is 119 Å². The molecule has 19 heavy (non-hydrogen) atoms. The van der Waals surface area contributed by atoms with Crippen molar-refractivity contribution in [2.45, 2.75) is 46.1 Å². The number of rotatable bonds is 5. The Morgan fingerprint density at radius 3 is 2.37 bits per heavy atom. The molecule has 1 aromatic carbocycles. The minimum absolute atomic E-state index is 0.287. The van der Waals surface area contributed by atoms with Crippen LogP contribution in [0.3, 0.4) is 0 Å². The van der Waals surface area contributed by atoms with E-state index in [4.69, 9.17) is 0 Å². The molecule has 102 valence electrons. The van der Waals surface area contributed by atoms with E-state index >= 15 is 0 Å². The first-order valence-corrected chi connectivity index (χ1v) is 7.72. The minimum Gasteiger partial charge on any atom is -0.392 e. The van der Waals surface area contributed by atoms with Crippen LogP contribution in [0.1, 0.15) is 33.4 Å². The van der Waals surface area contributed by atoms with Gasteiger partial charge in [0, 0.05) is 16.2 Å². The fraction of sp³-hybridized carbons (Fsp3) is 0.412. The first-order chi connectivity index (χ1) is 9.08. The quantitative estimate of drug-likeness (QED) is 0.871. The standard InChI is InChI=1S/C17H22OS/c1-4-16-7-8-17(19-16)11-15(18)10-14-6-5-12(2)13(3)9-14/h5-9,15,18H,4,10-11H2,1-3H3. The summed E-state index contributed by atoms with van der Waals surface area (Å²) in [5.41, 5.74) is 3.83. The van der Waals surface area contributed by atoms with Crippen LogP contribution in [0, 0.1) is 13.8 Å². The maximum Gasteiger partial charge on any atom is 0.0628 e. The van der Waals surface area contributed by atoms with Gasteiger partial charge in [0.05, 0.1) is 6.10 Å².